The Morgan fingerprint density at radius 2 is 1.71 bits per heavy atom. The van der Waals surface area contributed by atoms with Gasteiger partial charge in [-0.2, -0.15) is 0 Å². The van der Waals surface area contributed by atoms with Crippen LogP contribution in [0.15, 0.2) is 72.8 Å². The van der Waals surface area contributed by atoms with E-state index in [0.717, 1.165) is 17.7 Å². The van der Waals surface area contributed by atoms with Gasteiger partial charge in [-0.3, -0.25) is 4.57 Å². The van der Waals surface area contributed by atoms with Crippen LogP contribution in [0.4, 0.5) is 0 Å². The molecule has 0 bridgehead atoms. The molecule has 5 N–H and O–H groups in total. The van der Waals surface area contributed by atoms with Gasteiger partial charge in [0.15, 0.2) is 0 Å². The standard InChI is InChI=1S/C26H32NO7P/c28-17-20-15-23(10-13-25(20)30)33-18-21(29)16-27-14-4-7-26(34-22-5-2-1-3-6-22)19-8-11-24(12-9-19)35(31)32/h1-3,5-6,8-13,15,21,26-30,35H,4,7,14,16-18H2,(H,31,32). The van der Waals surface area contributed by atoms with E-state index in [4.69, 9.17) is 9.47 Å². The number of aliphatic hydroxyl groups is 2. The molecule has 0 aliphatic heterocycles. The van der Waals surface area contributed by atoms with Crippen molar-refractivity contribution in [2.75, 3.05) is 19.7 Å². The van der Waals surface area contributed by atoms with E-state index in [1.54, 1.807) is 18.2 Å². The lowest BCUT2D eigenvalue weighted by atomic mass is 10.0. The van der Waals surface area contributed by atoms with E-state index in [2.05, 4.69) is 5.32 Å². The minimum atomic E-state index is -2.73. The summed E-state index contributed by atoms with van der Waals surface area (Å²) in [6.45, 7) is 0.771. The topological polar surface area (TPSA) is 128 Å². The molecule has 3 aromatic rings. The summed E-state index contributed by atoms with van der Waals surface area (Å²) in [6, 6.07) is 21.0. The van der Waals surface area contributed by atoms with E-state index < -0.39 is 14.1 Å². The number of ether oxygens (including phenoxy) is 2. The highest BCUT2D eigenvalue weighted by Crippen LogP contribution is 2.26. The Labute approximate surface area is 205 Å². The molecule has 0 aliphatic rings. The Morgan fingerprint density at radius 1 is 0.971 bits per heavy atom. The summed E-state index contributed by atoms with van der Waals surface area (Å²) in [5, 5.41) is 32.6. The van der Waals surface area contributed by atoms with E-state index >= 15 is 0 Å². The SMILES string of the molecule is O=[PH](O)c1ccc(C(CCCNCC(O)COc2ccc(O)c(CO)c2)Oc2ccccc2)cc1. The molecule has 0 aliphatic carbocycles. The zero-order valence-electron chi connectivity index (χ0n) is 19.3. The van der Waals surface area contributed by atoms with Crippen molar-refractivity contribution in [1.29, 1.82) is 0 Å². The van der Waals surface area contributed by atoms with Gasteiger partial charge in [0.1, 0.15) is 36.1 Å². The third-order valence-electron chi connectivity index (χ3n) is 5.41. The maximum atomic E-state index is 11.3. The van der Waals surface area contributed by atoms with Crippen LogP contribution in [0.3, 0.4) is 0 Å². The van der Waals surface area contributed by atoms with Gasteiger partial charge in [-0.1, -0.05) is 30.3 Å². The number of benzene rings is 3. The van der Waals surface area contributed by atoms with Gasteiger partial charge < -0.3 is 35.0 Å². The van der Waals surface area contributed by atoms with Crippen LogP contribution in [-0.4, -0.2) is 46.0 Å². The molecule has 0 saturated carbocycles. The monoisotopic (exact) mass is 501 g/mol. The van der Waals surface area contributed by atoms with Crippen molar-refractivity contribution in [2.45, 2.75) is 31.7 Å². The van der Waals surface area contributed by atoms with E-state index in [-0.39, 0.29) is 25.1 Å². The predicted octanol–water partition coefficient (Wildman–Crippen LogP) is 2.91. The minimum absolute atomic E-state index is 0.00286. The zero-order chi connectivity index (χ0) is 25.0. The number of aliphatic hydroxyl groups excluding tert-OH is 2. The van der Waals surface area contributed by atoms with Gasteiger partial charge in [0.05, 0.1) is 6.61 Å². The first-order valence-electron chi connectivity index (χ1n) is 11.5. The van der Waals surface area contributed by atoms with Gasteiger partial charge in [-0.05, 0) is 67.4 Å². The van der Waals surface area contributed by atoms with Crippen LogP contribution in [0.5, 0.6) is 17.2 Å². The van der Waals surface area contributed by atoms with Crippen LogP contribution in [0.25, 0.3) is 0 Å². The number of phenols is 1. The van der Waals surface area contributed by atoms with Crippen molar-refractivity contribution in [1.82, 2.24) is 5.32 Å². The van der Waals surface area contributed by atoms with Gasteiger partial charge in [0, 0.05) is 17.4 Å². The molecule has 0 radical (unpaired) electrons. The predicted molar refractivity (Wildman–Crippen MR) is 135 cm³/mol. The molecular weight excluding hydrogens is 469 g/mol. The van der Waals surface area contributed by atoms with Crippen LogP contribution in [0, 0.1) is 0 Å². The highest BCUT2D eigenvalue weighted by atomic mass is 31.1. The molecule has 0 saturated heterocycles. The van der Waals surface area contributed by atoms with Crippen molar-refractivity contribution in [3.8, 4) is 17.2 Å². The summed E-state index contributed by atoms with van der Waals surface area (Å²) in [4.78, 5) is 9.33. The molecule has 0 aromatic heterocycles. The van der Waals surface area contributed by atoms with Gasteiger partial charge in [0.2, 0.25) is 8.03 Å². The molecule has 9 heteroatoms. The summed E-state index contributed by atoms with van der Waals surface area (Å²) >= 11 is 0. The first-order chi connectivity index (χ1) is 17.0. The number of nitrogens with one attached hydrogen (secondary N) is 1. The maximum absolute atomic E-state index is 11.3. The molecular formula is C26H32NO7P. The quantitative estimate of drug-likeness (QED) is 0.169. The first kappa shape index (κ1) is 26.7. The molecule has 3 unspecified atom stereocenters. The van der Waals surface area contributed by atoms with Crippen molar-refractivity contribution >= 4 is 13.3 Å². The molecule has 0 heterocycles. The summed E-state index contributed by atoms with van der Waals surface area (Å²) in [5.41, 5.74) is 1.29. The largest absolute Gasteiger partial charge is 0.508 e. The number of rotatable bonds is 14. The molecule has 3 rings (SSSR count). The molecule has 0 spiro atoms. The highest BCUT2D eigenvalue weighted by Gasteiger charge is 2.14. The molecule has 3 atom stereocenters. The average molecular weight is 502 g/mol. The Bertz CT molecular complexity index is 1060. The molecule has 0 fully saturated rings. The second-order valence-corrected chi connectivity index (χ2v) is 9.29. The first-order valence-corrected chi connectivity index (χ1v) is 12.8. The highest BCUT2D eigenvalue weighted by molar-refractivity contribution is 7.47. The van der Waals surface area contributed by atoms with Crippen LogP contribution in [0.2, 0.25) is 0 Å². The molecule has 3 aromatic carbocycles. The maximum Gasteiger partial charge on any atom is 0.218 e. The van der Waals surface area contributed by atoms with Crippen molar-refractivity contribution in [3.63, 3.8) is 0 Å². The summed E-state index contributed by atoms with van der Waals surface area (Å²) in [5.74, 6) is 1.21. The fourth-order valence-electron chi connectivity index (χ4n) is 3.51. The Balaban J connectivity index is 1.45. The fraction of sp³-hybridized carbons (Fsp3) is 0.308. The van der Waals surface area contributed by atoms with Gasteiger partial charge in [-0.15, -0.1) is 0 Å². The molecule has 8 nitrogen and oxygen atoms in total. The molecule has 0 amide bonds. The van der Waals surface area contributed by atoms with Crippen molar-refractivity contribution in [2.24, 2.45) is 0 Å². The van der Waals surface area contributed by atoms with E-state index in [0.29, 0.717) is 36.1 Å². The molecule has 35 heavy (non-hydrogen) atoms. The number of hydrogen-bond donors (Lipinski definition) is 5. The van der Waals surface area contributed by atoms with Crippen LogP contribution < -0.4 is 20.1 Å². The lowest BCUT2D eigenvalue weighted by Crippen LogP contribution is -2.32. The lowest BCUT2D eigenvalue weighted by Gasteiger charge is -2.20. The van der Waals surface area contributed by atoms with E-state index in [9.17, 15) is 24.8 Å². The van der Waals surface area contributed by atoms with E-state index in [1.807, 2.05) is 42.5 Å². The third kappa shape index (κ3) is 8.69. The normalized spacial score (nSPS) is 13.7. The van der Waals surface area contributed by atoms with Gasteiger partial charge >= 0.3 is 0 Å². The number of para-hydroxylation sites is 1. The van der Waals surface area contributed by atoms with Crippen molar-refractivity contribution in [3.05, 3.63) is 83.9 Å². The van der Waals surface area contributed by atoms with Crippen molar-refractivity contribution < 1.29 is 34.3 Å². The fourth-order valence-corrected chi connectivity index (χ4v) is 3.96. The Kier molecular flexibility index (Phi) is 10.6. The van der Waals surface area contributed by atoms with Crippen LogP contribution in [-0.2, 0) is 11.2 Å². The Morgan fingerprint density at radius 3 is 2.40 bits per heavy atom. The second kappa shape index (κ2) is 13.9. The Hall–Kier alpha value is -2.87. The smallest absolute Gasteiger partial charge is 0.218 e. The van der Waals surface area contributed by atoms with Crippen LogP contribution in [0.1, 0.15) is 30.1 Å². The zero-order valence-corrected chi connectivity index (χ0v) is 20.3. The van der Waals surface area contributed by atoms with Gasteiger partial charge in [-0.25, -0.2) is 0 Å². The second-order valence-electron chi connectivity index (χ2n) is 8.11. The lowest BCUT2D eigenvalue weighted by molar-refractivity contribution is 0.106. The van der Waals surface area contributed by atoms with E-state index in [1.165, 1.54) is 12.1 Å². The van der Waals surface area contributed by atoms with Gasteiger partial charge in [0.25, 0.3) is 0 Å². The van der Waals surface area contributed by atoms with Crippen LogP contribution >= 0.6 is 8.03 Å². The summed E-state index contributed by atoms with van der Waals surface area (Å²) < 4.78 is 23.1. The summed E-state index contributed by atoms with van der Waals surface area (Å²) in [6.07, 6.45) is 0.533. The number of hydrogen-bond acceptors (Lipinski definition) is 7. The summed E-state index contributed by atoms with van der Waals surface area (Å²) in [7, 11) is -2.73. The third-order valence-corrected chi connectivity index (χ3v) is 6.24. The minimum Gasteiger partial charge on any atom is -0.508 e. The number of aromatic hydroxyl groups is 1. The average Bonchev–Trinajstić information content (AvgIpc) is 2.88. The molecule has 188 valence electrons.